The normalized spacial score (nSPS) is 16.4. The SMILES string of the molecule is CCOc1ccc(C2=Nc3ncnn3C(c3ccccc3)C2)cc1. The predicted octanol–water partition coefficient (Wildman–Crippen LogP) is 3.79. The second-order valence-electron chi connectivity index (χ2n) is 5.65. The lowest BCUT2D eigenvalue weighted by molar-refractivity contribution is 0.340. The predicted molar refractivity (Wildman–Crippen MR) is 93.0 cm³/mol. The molecular weight excluding hydrogens is 300 g/mol. The monoisotopic (exact) mass is 318 g/mol. The molecule has 1 atom stereocenters. The molecule has 3 aromatic rings. The summed E-state index contributed by atoms with van der Waals surface area (Å²) in [5.41, 5.74) is 3.32. The molecule has 1 aromatic heterocycles. The summed E-state index contributed by atoms with van der Waals surface area (Å²) in [6.45, 7) is 2.65. The zero-order valence-corrected chi connectivity index (χ0v) is 13.5. The van der Waals surface area contributed by atoms with Gasteiger partial charge in [0.1, 0.15) is 12.1 Å². The molecule has 0 bridgehead atoms. The molecule has 0 fully saturated rings. The zero-order valence-electron chi connectivity index (χ0n) is 13.5. The van der Waals surface area contributed by atoms with Crippen molar-refractivity contribution in [2.45, 2.75) is 19.4 Å². The Hall–Kier alpha value is -2.95. The Morgan fingerprint density at radius 2 is 1.88 bits per heavy atom. The molecule has 2 aromatic carbocycles. The molecule has 0 saturated heterocycles. The molecule has 0 saturated carbocycles. The number of aromatic nitrogens is 3. The highest BCUT2D eigenvalue weighted by Crippen LogP contribution is 2.32. The third-order valence-corrected chi connectivity index (χ3v) is 4.15. The van der Waals surface area contributed by atoms with Gasteiger partial charge in [0, 0.05) is 6.42 Å². The van der Waals surface area contributed by atoms with Crippen LogP contribution in [0.4, 0.5) is 5.95 Å². The maximum absolute atomic E-state index is 5.52. The van der Waals surface area contributed by atoms with E-state index in [1.165, 1.54) is 5.56 Å². The van der Waals surface area contributed by atoms with Crippen LogP contribution in [0.2, 0.25) is 0 Å². The number of hydrogen-bond donors (Lipinski definition) is 0. The van der Waals surface area contributed by atoms with Crippen molar-refractivity contribution in [1.82, 2.24) is 14.8 Å². The van der Waals surface area contributed by atoms with E-state index in [1.54, 1.807) is 6.33 Å². The molecule has 2 heterocycles. The third-order valence-electron chi connectivity index (χ3n) is 4.15. The molecule has 24 heavy (non-hydrogen) atoms. The van der Waals surface area contributed by atoms with E-state index in [0.29, 0.717) is 12.6 Å². The standard InChI is InChI=1S/C19H18N4O/c1-2-24-16-10-8-14(9-11-16)17-12-18(15-6-4-3-5-7-15)23-19(22-17)20-13-21-23/h3-11,13,18H,2,12H2,1H3. The molecule has 0 spiro atoms. The Morgan fingerprint density at radius 1 is 1.08 bits per heavy atom. The number of ether oxygens (including phenoxy) is 1. The fourth-order valence-electron chi connectivity index (χ4n) is 3.01. The topological polar surface area (TPSA) is 52.3 Å². The van der Waals surface area contributed by atoms with Gasteiger partial charge in [0.25, 0.3) is 0 Å². The van der Waals surface area contributed by atoms with E-state index in [2.05, 4.69) is 34.3 Å². The van der Waals surface area contributed by atoms with Crippen molar-refractivity contribution in [1.29, 1.82) is 0 Å². The molecule has 1 unspecified atom stereocenters. The zero-order chi connectivity index (χ0) is 16.4. The molecule has 5 nitrogen and oxygen atoms in total. The summed E-state index contributed by atoms with van der Waals surface area (Å²) in [4.78, 5) is 8.99. The van der Waals surface area contributed by atoms with Crippen molar-refractivity contribution < 1.29 is 4.74 Å². The van der Waals surface area contributed by atoms with Crippen molar-refractivity contribution >= 4 is 11.7 Å². The molecule has 4 rings (SSSR count). The van der Waals surface area contributed by atoms with Gasteiger partial charge in [-0.2, -0.15) is 10.1 Å². The summed E-state index contributed by atoms with van der Waals surface area (Å²) in [6, 6.07) is 18.6. The number of hydrogen-bond acceptors (Lipinski definition) is 4. The fourth-order valence-corrected chi connectivity index (χ4v) is 3.01. The smallest absolute Gasteiger partial charge is 0.248 e. The first kappa shape index (κ1) is 14.6. The highest BCUT2D eigenvalue weighted by Gasteiger charge is 2.25. The van der Waals surface area contributed by atoms with E-state index in [4.69, 9.17) is 9.73 Å². The van der Waals surface area contributed by atoms with Crippen molar-refractivity contribution in [2.24, 2.45) is 4.99 Å². The first-order chi connectivity index (χ1) is 11.8. The van der Waals surface area contributed by atoms with Crippen LogP contribution in [0.15, 0.2) is 65.9 Å². The lowest BCUT2D eigenvalue weighted by atomic mass is 9.96. The Balaban J connectivity index is 1.70. The first-order valence-electron chi connectivity index (χ1n) is 8.10. The van der Waals surface area contributed by atoms with Gasteiger partial charge >= 0.3 is 0 Å². The number of rotatable bonds is 4. The largest absolute Gasteiger partial charge is 0.494 e. The van der Waals surface area contributed by atoms with Gasteiger partial charge < -0.3 is 4.74 Å². The van der Waals surface area contributed by atoms with Gasteiger partial charge in [-0.3, -0.25) is 0 Å². The average Bonchev–Trinajstić information content (AvgIpc) is 3.11. The van der Waals surface area contributed by atoms with E-state index >= 15 is 0 Å². The Morgan fingerprint density at radius 3 is 2.62 bits per heavy atom. The second kappa shape index (κ2) is 6.28. The minimum Gasteiger partial charge on any atom is -0.494 e. The van der Waals surface area contributed by atoms with Crippen molar-refractivity contribution in [3.8, 4) is 5.75 Å². The Bertz CT molecular complexity index is 853. The average molecular weight is 318 g/mol. The summed E-state index contributed by atoms with van der Waals surface area (Å²) < 4.78 is 7.41. The lowest BCUT2D eigenvalue weighted by Crippen LogP contribution is -2.21. The van der Waals surface area contributed by atoms with Crippen LogP contribution in [0.3, 0.4) is 0 Å². The molecule has 0 N–H and O–H groups in total. The molecule has 5 heteroatoms. The van der Waals surface area contributed by atoms with Crippen molar-refractivity contribution in [3.63, 3.8) is 0 Å². The lowest BCUT2D eigenvalue weighted by Gasteiger charge is -2.23. The summed E-state index contributed by atoms with van der Waals surface area (Å²) >= 11 is 0. The highest BCUT2D eigenvalue weighted by molar-refractivity contribution is 6.02. The number of fused-ring (bicyclic) bond motifs is 1. The van der Waals surface area contributed by atoms with Gasteiger partial charge in [0.05, 0.1) is 18.4 Å². The Labute approximate surface area is 140 Å². The van der Waals surface area contributed by atoms with Gasteiger partial charge in [-0.15, -0.1) is 0 Å². The molecular formula is C19H18N4O. The van der Waals surface area contributed by atoms with Gasteiger partial charge in [0.2, 0.25) is 5.95 Å². The van der Waals surface area contributed by atoms with Crippen LogP contribution in [-0.2, 0) is 0 Å². The van der Waals surface area contributed by atoms with E-state index in [-0.39, 0.29) is 6.04 Å². The number of benzene rings is 2. The van der Waals surface area contributed by atoms with Crippen molar-refractivity contribution in [2.75, 3.05) is 6.61 Å². The fraction of sp³-hybridized carbons (Fsp3) is 0.211. The van der Waals surface area contributed by atoms with Crippen LogP contribution in [0.25, 0.3) is 0 Å². The third kappa shape index (κ3) is 2.69. The van der Waals surface area contributed by atoms with Gasteiger partial charge in [-0.25, -0.2) is 9.67 Å². The summed E-state index contributed by atoms with van der Waals surface area (Å²) in [5, 5.41) is 4.36. The van der Waals surface area contributed by atoms with E-state index < -0.39 is 0 Å². The summed E-state index contributed by atoms with van der Waals surface area (Å²) in [5.74, 6) is 1.53. The molecule has 120 valence electrons. The Kier molecular flexibility index (Phi) is 3.83. The second-order valence-corrected chi connectivity index (χ2v) is 5.65. The number of nitrogens with zero attached hydrogens (tertiary/aromatic N) is 4. The minimum absolute atomic E-state index is 0.114. The molecule has 1 aliphatic rings. The summed E-state index contributed by atoms with van der Waals surface area (Å²) in [7, 11) is 0. The maximum atomic E-state index is 5.52. The van der Waals surface area contributed by atoms with Gasteiger partial charge in [-0.05, 0) is 42.3 Å². The quantitative estimate of drug-likeness (QED) is 0.735. The van der Waals surface area contributed by atoms with Crippen LogP contribution < -0.4 is 4.74 Å². The van der Waals surface area contributed by atoms with E-state index in [0.717, 1.165) is 23.4 Å². The van der Waals surface area contributed by atoms with Crippen LogP contribution in [0.1, 0.15) is 30.5 Å². The van der Waals surface area contributed by atoms with Crippen LogP contribution in [0, 0.1) is 0 Å². The molecule has 0 amide bonds. The first-order valence-corrected chi connectivity index (χ1v) is 8.10. The van der Waals surface area contributed by atoms with Crippen molar-refractivity contribution in [3.05, 3.63) is 72.1 Å². The van der Waals surface area contributed by atoms with E-state index in [1.807, 2.05) is 41.9 Å². The summed E-state index contributed by atoms with van der Waals surface area (Å²) in [6.07, 6.45) is 2.35. The molecule has 1 aliphatic heterocycles. The van der Waals surface area contributed by atoms with E-state index in [9.17, 15) is 0 Å². The number of aliphatic imine (C=N–C) groups is 1. The minimum atomic E-state index is 0.114. The maximum Gasteiger partial charge on any atom is 0.248 e. The molecule has 0 radical (unpaired) electrons. The van der Waals surface area contributed by atoms with Crippen LogP contribution in [0.5, 0.6) is 5.75 Å². The molecule has 0 aliphatic carbocycles. The van der Waals surface area contributed by atoms with Crippen LogP contribution in [-0.4, -0.2) is 27.1 Å². The van der Waals surface area contributed by atoms with Crippen LogP contribution >= 0.6 is 0 Å². The van der Waals surface area contributed by atoms with Gasteiger partial charge in [-0.1, -0.05) is 30.3 Å². The highest BCUT2D eigenvalue weighted by atomic mass is 16.5. The van der Waals surface area contributed by atoms with Gasteiger partial charge in [0.15, 0.2) is 0 Å².